The molecule has 2 rings (SSSR count). The van der Waals surface area contributed by atoms with Crippen LogP contribution in [0.1, 0.15) is 23.1 Å². The SMILES string of the molecule is [3H]c1n[c-]c[c-]c1C(=O)NCc1nc(C)c(F)cc1Cl.[U].[V]. The van der Waals surface area contributed by atoms with E-state index in [0.717, 1.165) is 6.07 Å². The number of amides is 1. The van der Waals surface area contributed by atoms with Gasteiger partial charge < -0.3 is 16.4 Å². The van der Waals surface area contributed by atoms with Crippen molar-refractivity contribution in [3.8, 4) is 0 Å². The fourth-order valence-electron chi connectivity index (χ4n) is 1.36. The number of nitrogens with zero attached hydrogens (tertiary/aromatic N) is 2. The van der Waals surface area contributed by atoms with Crippen LogP contribution in [0.3, 0.4) is 0 Å². The summed E-state index contributed by atoms with van der Waals surface area (Å²) in [6.45, 7) is 1.52. The number of aromatic nitrogens is 2. The van der Waals surface area contributed by atoms with Crippen molar-refractivity contribution in [3.05, 3.63) is 58.4 Å². The van der Waals surface area contributed by atoms with Crippen molar-refractivity contribution in [2.75, 3.05) is 0 Å². The molecule has 0 atom stereocenters. The first kappa shape index (κ1) is 18.7. The van der Waals surface area contributed by atoms with Gasteiger partial charge >= 0.3 is 0 Å². The van der Waals surface area contributed by atoms with Gasteiger partial charge in [0.05, 0.1) is 23.0 Å². The molecule has 1 radical (unpaired) electrons. The Morgan fingerprint density at radius 3 is 3.00 bits per heavy atom. The summed E-state index contributed by atoms with van der Waals surface area (Å²) in [4.78, 5) is 19.4. The molecule has 0 unspecified atom stereocenters. The molecule has 0 bridgehead atoms. The molecule has 0 aromatic carbocycles. The fraction of sp³-hybridized carbons (Fsp3) is 0.154. The topological polar surface area (TPSA) is 54.9 Å². The third-order valence-electron chi connectivity index (χ3n) is 2.33. The first-order valence-corrected chi connectivity index (χ1v) is 5.72. The average molecular weight is 569 g/mol. The number of aryl methyl sites for hydroxylation is 1. The number of halogens is 2. The van der Waals surface area contributed by atoms with Crippen LogP contribution in [0.25, 0.3) is 0 Å². The predicted octanol–water partition coefficient (Wildman–Crippen LogP) is 2.11. The van der Waals surface area contributed by atoms with Gasteiger partial charge in [-0.2, -0.15) is 11.7 Å². The minimum absolute atomic E-state index is 0. The molecule has 1 amide bonds. The van der Waals surface area contributed by atoms with E-state index in [2.05, 4.69) is 27.5 Å². The van der Waals surface area contributed by atoms with Crippen LogP contribution >= 0.6 is 11.6 Å². The van der Waals surface area contributed by atoms with Gasteiger partial charge in [-0.15, -0.1) is 0 Å². The predicted molar refractivity (Wildman–Crippen MR) is 67.0 cm³/mol. The molecular weight excluding hydrogens is 558 g/mol. The zero-order valence-electron chi connectivity index (χ0n) is 11.9. The van der Waals surface area contributed by atoms with Gasteiger partial charge in [0, 0.05) is 49.7 Å². The second kappa shape index (κ2) is 9.60. The minimum Gasteiger partial charge on any atom is -0.528 e. The van der Waals surface area contributed by atoms with E-state index < -0.39 is 11.7 Å². The maximum absolute atomic E-state index is 13.2. The second-order valence-corrected chi connectivity index (χ2v) is 4.09. The van der Waals surface area contributed by atoms with Crippen LogP contribution in [0.5, 0.6) is 0 Å². The molecule has 0 spiro atoms. The van der Waals surface area contributed by atoms with E-state index in [1.165, 1.54) is 13.0 Å². The Kier molecular flexibility index (Phi) is 8.54. The molecule has 0 saturated carbocycles. The van der Waals surface area contributed by atoms with Crippen molar-refractivity contribution in [1.29, 1.82) is 0 Å². The van der Waals surface area contributed by atoms with Crippen molar-refractivity contribution in [2.24, 2.45) is 0 Å². The summed E-state index contributed by atoms with van der Waals surface area (Å²) in [5, 5.41) is 2.66. The molecule has 107 valence electrons. The van der Waals surface area contributed by atoms with Crippen molar-refractivity contribution in [1.82, 2.24) is 15.3 Å². The van der Waals surface area contributed by atoms with Gasteiger partial charge in [-0.1, -0.05) is 13.0 Å². The maximum Gasteiger partial charge on any atom is 0.205 e. The monoisotopic (exact) mass is 568 g/mol. The number of hydrogen-bond acceptors (Lipinski definition) is 3. The average Bonchev–Trinajstić information content (AvgIpc) is 2.41. The van der Waals surface area contributed by atoms with E-state index in [9.17, 15) is 9.18 Å². The molecule has 21 heavy (non-hydrogen) atoms. The van der Waals surface area contributed by atoms with E-state index in [1.807, 2.05) is 0 Å². The molecule has 4 nitrogen and oxygen atoms in total. The van der Waals surface area contributed by atoms with Gasteiger partial charge in [-0.25, -0.2) is 4.39 Å². The second-order valence-electron chi connectivity index (χ2n) is 3.68. The maximum atomic E-state index is 13.2. The Morgan fingerprint density at radius 2 is 2.33 bits per heavy atom. The number of nitrogens with one attached hydrogen (secondary N) is 1. The van der Waals surface area contributed by atoms with Crippen LogP contribution in [-0.4, -0.2) is 15.9 Å². The zero-order valence-corrected chi connectivity index (χ0v) is 17.2. The summed E-state index contributed by atoms with van der Waals surface area (Å²) in [6, 6.07) is 5.04. The van der Waals surface area contributed by atoms with Crippen LogP contribution in [0.4, 0.5) is 4.39 Å². The van der Waals surface area contributed by atoms with Crippen molar-refractivity contribution < 1.29 is 60.2 Å². The summed E-state index contributed by atoms with van der Waals surface area (Å²) in [6.07, 6.45) is 2.18. The third kappa shape index (κ3) is 5.73. The van der Waals surface area contributed by atoms with Crippen LogP contribution in [-0.2, 0) is 25.1 Å². The summed E-state index contributed by atoms with van der Waals surface area (Å²) >= 11 is 5.85. The number of rotatable bonds is 3. The molecule has 0 aliphatic heterocycles. The Hall–Kier alpha value is -0.374. The smallest absolute Gasteiger partial charge is 0.205 e. The summed E-state index contributed by atoms with van der Waals surface area (Å²) < 4.78 is 20.7. The first-order valence-electron chi connectivity index (χ1n) is 5.84. The van der Waals surface area contributed by atoms with Gasteiger partial charge in [0.15, 0.2) is 0 Å². The van der Waals surface area contributed by atoms with E-state index in [0.29, 0.717) is 5.69 Å². The van der Waals surface area contributed by atoms with Gasteiger partial charge in [-0.05, 0) is 13.0 Å². The van der Waals surface area contributed by atoms with E-state index in [-0.39, 0.29) is 78.7 Å². The minimum atomic E-state index is -0.531. The van der Waals surface area contributed by atoms with Gasteiger partial charge in [-0.3, -0.25) is 22.0 Å². The van der Waals surface area contributed by atoms with Gasteiger partial charge in [0.1, 0.15) is 5.82 Å². The van der Waals surface area contributed by atoms with Crippen LogP contribution in [0, 0.1) is 56.1 Å². The quantitative estimate of drug-likeness (QED) is 0.578. The molecular formula is C13H9ClFN3OUV-2. The van der Waals surface area contributed by atoms with Gasteiger partial charge in [0.25, 0.3) is 0 Å². The third-order valence-corrected chi connectivity index (χ3v) is 2.66. The first-order chi connectivity index (χ1) is 9.49. The number of pyridine rings is 2. The Labute approximate surface area is 163 Å². The molecule has 0 saturated heterocycles. The molecule has 2 aromatic rings. The van der Waals surface area contributed by atoms with Gasteiger partial charge in [0.2, 0.25) is 5.91 Å². The Balaban J connectivity index is 0.00000220. The number of carbonyl (C=O) groups excluding carboxylic acids is 1. The zero-order chi connectivity index (χ0) is 14.7. The molecule has 0 fully saturated rings. The van der Waals surface area contributed by atoms with Crippen LogP contribution in [0.2, 0.25) is 5.02 Å². The molecule has 2 aromatic heterocycles. The van der Waals surface area contributed by atoms with Crippen LogP contribution in [0.15, 0.2) is 18.3 Å². The Bertz CT molecular complexity index is 678. The van der Waals surface area contributed by atoms with E-state index in [1.54, 1.807) is 0 Å². The molecule has 1 N–H and O–H groups in total. The van der Waals surface area contributed by atoms with E-state index >= 15 is 0 Å². The van der Waals surface area contributed by atoms with Crippen LogP contribution < -0.4 is 5.32 Å². The van der Waals surface area contributed by atoms with E-state index in [4.69, 9.17) is 13.0 Å². The van der Waals surface area contributed by atoms with Crippen molar-refractivity contribution >= 4 is 17.5 Å². The molecule has 8 heteroatoms. The largest absolute Gasteiger partial charge is 0.528 e. The fourth-order valence-corrected chi connectivity index (χ4v) is 1.56. The number of hydrogen-bond donors (Lipinski definition) is 1. The standard InChI is InChI=1S/C13H9ClFN3O.U.V/c1-8-11(15)5-10(14)12(18-8)7-17-13(19)9-3-2-4-16-6-9;;/h2,5-6H,7H2,1H3,(H,17,19);;/q-2;;/i6T;;. The summed E-state index contributed by atoms with van der Waals surface area (Å²) in [5.74, 6) is -1.04. The number of carbonyl (C=O) groups is 1. The molecule has 2 heterocycles. The Morgan fingerprint density at radius 1 is 1.62 bits per heavy atom. The summed E-state index contributed by atoms with van der Waals surface area (Å²) in [7, 11) is 0. The van der Waals surface area contributed by atoms with Crippen molar-refractivity contribution in [2.45, 2.75) is 13.5 Å². The van der Waals surface area contributed by atoms with Crippen molar-refractivity contribution in [3.63, 3.8) is 0 Å². The molecule has 0 aliphatic carbocycles. The summed E-state index contributed by atoms with van der Waals surface area (Å²) in [5.41, 5.74) is 0.543. The molecule has 0 aliphatic rings. The normalized spacial score (nSPS) is 9.95.